The molecule has 2 aliphatic rings. The molecule has 2 saturated heterocycles. The highest BCUT2D eigenvalue weighted by Gasteiger charge is 2.33. The van der Waals surface area contributed by atoms with E-state index in [9.17, 15) is 0 Å². The van der Waals surface area contributed by atoms with Gasteiger partial charge in [0.1, 0.15) is 0 Å². The van der Waals surface area contributed by atoms with Gasteiger partial charge in [-0.1, -0.05) is 13.8 Å². The van der Waals surface area contributed by atoms with E-state index in [-0.39, 0.29) is 29.5 Å². The summed E-state index contributed by atoms with van der Waals surface area (Å²) in [4.78, 5) is 9.58. The summed E-state index contributed by atoms with van der Waals surface area (Å²) in [7, 11) is 1.90. The topological polar surface area (TPSA) is 40.1 Å². The van der Waals surface area contributed by atoms with E-state index < -0.39 is 0 Å². The number of piperidine rings is 2. The zero-order chi connectivity index (χ0) is 18.4. The normalized spacial score (nSPS) is 26.5. The standard InChI is InChI=1S/C20H40N4O.HI/c1-7-25-18-8-10-23(11-9-18)19(21-6)22-15-20(4,5)24-13-16(2)12-17(3)14-24;/h16-18H,7-15H2,1-6H3,(H,21,22);1H. The Labute approximate surface area is 178 Å². The molecule has 0 radical (unpaired) electrons. The molecule has 2 unspecified atom stereocenters. The molecule has 2 heterocycles. The van der Waals surface area contributed by atoms with Crippen molar-refractivity contribution in [1.29, 1.82) is 0 Å². The SMILES string of the molecule is CCOC1CCN(C(=NC)NCC(C)(C)N2CC(C)CC(C)C2)CC1.I. The Morgan fingerprint density at radius 2 is 1.73 bits per heavy atom. The second kappa shape index (κ2) is 11.1. The van der Waals surface area contributed by atoms with Crippen LogP contribution < -0.4 is 5.32 Å². The molecule has 5 nitrogen and oxygen atoms in total. The third kappa shape index (κ3) is 6.82. The summed E-state index contributed by atoms with van der Waals surface area (Å²) < 4.78 is 5.76. The van der Waals surface area contributed by atoms with Crippen molar-refractivity contribution in [2.75, 3.05) is 46.4 Å². The Morgan fingerprint density at radius 3 is 2.23 bits per heavy atom. The number of nitrogens with one attached hydrogen (secondary N) is 1. The van der Waals surface area contributed by atoms with Gasteiger partial charge in [-0.05, 0) is 51.9 Å². The van der Waals surface area contributed by atoms with Crippen LogP contribution in [0.15, 0.2) is 4.99 Å². The Morgan fingerprint density at radius 1 is 1.15 bits per heavy atom. The van der Waals surface area contributed by atoms with Crippen molar-refractivity contribution in [3.8, 4) is 0 Å². The fraction of sp³-hybridized carbons (Fsp3) is 0.950. The quantitative estimate of drug-likeness (QED) is 0.372. The number of rotatable bonds is 5. The molecule has 0 amide bonds. The van der Waals surface area contributed by atoms with E-state index in [1.54, 1.807) is 0 Å². The molecule has 6 heteroatoms. The molecule has 26 heavy (non-hydrogen) atoms. The molecule has 0 aromatic rings. The number of aliphatic imine (C=N–C) groups is 1. The number of ether oxygens (including phenoxy) is 1. The van der Waals surface area contributed by atoms with E-state index >= 15 is 0 Å². The minimum absolute atomic E-state index is 0. The lowest BCUT2D eigenvalue weighted by molar-refractivity contribution is 0.0256. The first kappa shape index (κ1) is 24.0. The molecule has 2 aliphatic heterocycles. The van der Waals surface area contributed by atoms with Gasteiger partial charge in [0, 0.05) is 51.9 Å². The molecule has 154 valence electrons. The van der Waals surface area contributed by atoms with Crippen LogP contribution in [0.25, 0.3) is 0 Å². The minimum Gasteiger partial charge on any atom is -0.378 e. The van der Waals surface area contributed by atoms with E-state index in [0.717, 1.165) is 56.9 Å². The van der Waals surface area contributed by atoms with Crippen LogP contribution in [0.1, 0.15) is 53.9 Å². The van der Waals surface area contributed by atoms with Crippen molar-refractivity contribution in [1.82, 2.24) is 15.1 Å². The molecule has 0 bridgehead atoms. The number of likely N-dealkylation sites (tertiary alicyclic amines) is 2. The van der Waals surface area contributed by atoms with Gasteiger partial charge < -0.3 is 15.0 Å². The van der Waals surface area contributed by atoms with Crippen molar-refractivity contribution < 1.29 is 4.74 Å². The monoisotopic (exact) mass is 480 g/mol. The second-order valence-electron chi connectivity index (χ2n) is 8.71. The predicted octanol–water partition coefficient (Wildman–Crippen LogP) is 3.44. The van der Waals surface area contributed by atoms with E-state index in [1.165, 1.54) is 19.5 Å². The van der Waals surface area contributed by atoms with Crippen LogP contribution in [0, 0.1) is 11.8 Å². The Kier molecular flexibility index (Phi) is 10.2. The second-order valence-corrected chi connectivity index (χ2v) is 8.71. The predicted molar refractivity (Wildman–Crippen MR) is 122 cm³/mol. The molecule has 1 N–H and O–H groups in total. The van der Waals surface area contributed by atoms with E-state index in [0.29, 0.717) is 6.10 Å². The number of hydrogen-bond acceptors (Lipinski definition) is 3. The molecule has 2 fully saturated rings. The summed E-state index contributed by atoms with van der Waals surface area (Å²) >= 11 is 0. The Bertz CT molecular complexity index is 426. The summed E-state index contributed by atoms with van der Waals surface area (Å²) in [6.07, 6.45) is 3.97. The molecule has 0 saturated carbocycles. The van der Waals surface area contributed by atoms with Gasteiger partial charge in [-0.25, -0.2) is 0 Å². The first-order valence-electron chi connectivity index (χ1n) is 10.2. The van der Waals surface area contributed by atoms with Crippen molar-refractivity contribution in [3.05, 3.63) is 0 Å². The van der Waals surface area contributed by atoms with Gasteiger partial charge in [0.2, 0.25) is 0 Å². The van der Waals surface area contributed by atoms with Crippen LogP contribution in [0.5, 0.6) is 0 Å². The van der Waals surface area contributed by atoms with E-state index in [1.807, 2.05) is 7.05 Å². The highest BCUT2D eigenvalue weighted by atomic mass is 127. The molecule has 0 spiro atoms. The zero-order valence-electron chi connectivity index (χ0n) is 17.8. The van der Waals surface area contributed by atoms with Gasteiger partial charge >= 0.3 is 0 Å². The van der Waals surface area contributed by atoms with Gasteiger partial charge in [-0.15, -0.1) is 24.0 Å². The smallest absolute Gasteiger partial charge is 0.193 e. The largest absolute Gasteiger partial charge is 0.378 e. The van der Waals surface area contributed by atoms with Crippen LogP contribution >= 0.6 is 24.0 Å². The third-order valence-electron chi connectivity index (χ3n) is 5.76. The van der Waals surface area contributed by atoms with Crippen molar-refractivity contribution in [2.24, 2.45) is 16.8 Å². The number of halogens is 1. The van der Waals surface area contributed by atoms with Gasteiger partial charge in [0.05, 0.1) is 6.10 Å². The molecule has 2 rings (SSSR count). The maximum atomic E-state index is 5.76. The van der Waals surface area contributed by atoms with Crippen LogP contribution in [0.4, 0.5) is 0 Å². The average molecular weight is 480 g/mol. The fourth-order valence-electron chi connectivity index (χ4n) is 4.37. The summed E-state index contributed by atoms with van der Waals surface area (Å²) in [6, 6.07) is 0. The summed E-state index contributed by atoms with van der Waals surface area (Å²) in [5.74, 6) is 2.63. The molecule has 0 aliphatic carbocycles. The van der Waals surface area contributed by atoms with Gasteiger partial charge in [-0.3, -0.25) is 9.89 Å². The third-order valence-corrected chi connectivity index (χ3v) is 5.76. The Balaban J connectivity index is 0.00000338. The average Bonchev–Trinajstić information content (AvgIpc) is 2.56. The fourth-order valence-corrected chi connectivity index (χ4v) is 4.37. The maximum absolute atomic E-state index is 5.76. The first-order valence-corrected chi connectivity index (χ1v) is 10.2. The number of hydrogen-bond donors (Lipinski definition) is 1. The van der Waals surface area contributed by atoms with E-state index in [2.05, 4.69) is 54.7 Å². The van der Waals surface area contributed by atoms with Crippen LogP contribution in [-0.4, -0.2) is 73.8 Å². The molecule has 0 aromatic carbocycles. The zero-order valence-corrected chi connectivity index (χ0v) is 20.1. The molecular formula is C20H41IN4O. The summed E-state index contributed by atoms with van der Waals surface area (Å²) in [6.45, 7) is 17.8. The van der Waals surface area contributed by atoms with Crippen molar-refractivity contribution in [3.63, 3.8) is 0 Å². The van der Waals surface area contributed by atoms with Gasteiger partial charge in [-0.2, -0.15) is 0 Å². The van der Waals surface area contributed by atoms with Crippen molar-refractivity contribution >= 4 is 29.9 Å². The number of guanidine groups is 1. The molecule has 2 atom stereocenters. The van der Waals surface area contributed by atoms with E-state index in [4.69, 9.17) is 4.74 Å². The summed E-state index contributed by atoms with van der Waals surface area (Å²) in [5, 5.41) is 3.65. The Hall–Kier alpha value is -0.0800. The molecule has 0 aromatic heterocycles. The number of nitrogens with zero attached hydrogens (tertiary/aromatic N) is 3. The maximum Gasteiger partial charge on any atom is 0.193 e. The van der Waals surface area contributed by atoms with Gasteiger partial charge in [0.25, 0.3) is 0 Å². The summed E-state index contributed by atoms with van der Waals surface area (Å²) in [5.41, 5.74) is 0.141. The lowest BCUT2D eigenvalue weighted by Gasteiger charge is -2.45. The molecular weight excluding hydrogens is 439 g/mol. The van der Waals surface area contributed by atoms with Crippen LogP contribution in [0.3, 0.4) is 0 Å². The lowest BCUT2D eigenvalue weighted by Crippen LogP contribution is -2.58. The lowest BCUT2D eigenvalue weighted by atomic mass is 9.88. The minimum atomic E-state index is 0. The highest BCUT2D eigenvalue weighted by molar-refractivity contribution is 14.0. The van der Waals surface area contributed by atoms with Crippen molar-refractivity contribution in [2.45, 2.75) is 65.5 Å². The highest BCUT2D eigenvalue weighted by Crippen LogP contribution is 2.27. The van der Waals surface area contributed by atoms with Crippen LogP contribution in [-0.2, 0) is 4.74 Å². The first-order chi connectivity index (χ1) is 11.9. The van der Waals surface area contributed by atoms with Crippen LogP contribution in [0.2, 0.25) is 0 Å². The van der Waals surface area contributed by atoms with Gasteiger partial charge in [0.15, 0.2) is 5.96 Å².